The van der Waals surface area contributed by atoms with E-state index < -0.39 is 0 Å². The third kappa shape index (κ3) is 3.29. The average molecular weight is 264 g/mol. The van der Waals surface area contributed by atoms with E-state index in [4.69, 9.17) is 0 Å². The minimum Gasteiger partial charge on any atom is -0.378 e. The Labute approximate surface area is 111 Å². The Morgan fingerprint density at radius 1 is 1.33 bits per heavy atom. The van der Waals surface area contributed by atoms with Crippen LogP contribution in [0.3, 0.4) is 0 Å². The Kier molecular flexibility index (Phi) is 3.66. The summed E-state index contributed by atoms with van der Waals surface area (Å²) >= 11 is 1.63. The molecule has 0 unspecified atom stereocenters. The molecular formula is C14H17FN2S. The molecule has 0 saturated carbocycles. The van der Waals surface area contributed by atoms with Gasteiger partial charge in [-0.05, 0) is 18.2 Å². The topological polar surface area (TPSA) is 24.9 Å². The number of rotatable bonds is 3. The van der Waals surface area contributed by atoms with Gasteiger partial charge in [0.05, 0.1) is 12.2 Å². The van der Waals surface area contributed by atoms with Crippen molar-refractivity contribution in [3.8, 4) is 0 Å². The van der Waals surface area contributed by atoms with Crippen molar-refractivity contribution in [1.29, 1.82) is 0 Å². The summed E-state index contributed by atoms with van der Waals surface area (Å²) in [6.07, 6.45) is 0. The Balaban J connectivity index is 2.01. The maximum Gasteiger partial charge on any atom is 0.125 e. The zero-order valence-corrected chi connectivity index (χ0v) is 11.6. The second-order valence-electron chi connectivity index (χ2n) is 5.24. The second kappa shape index (κ2) is 5.06. The molecular weight excluding hydrogens is 247 g/mol. The summed E-state index contributed by atoms with van der Waals surface area (Å²) in [6.45, 7) is 7.06. The van der Waals surface area contributed by atoms with E-state index in [9.17, 15) is 4.39 Å². The molecule has 0 amide bonds. The van der Waals surface area contributed by atoms with Crippen LogP contribution in [0.1, 0.15) is 31.5 Å². The Morgan fingerprint density at radius 2 is 2.11 bits per heavy atom. The lowest BCUT2D eigenvalue weighted by molar-refractivity contribution is 0.571. The van der Waals surface area contributed by atoms with Crippen LogP contribution in [0.2, 0.25) is 0 Å². The number of thiazole rings is 1. The van der Waals surface area contributed by atoms with E-state index in [-0.39, 0.29) is 11.2 Å². The highest BCUT2D eigenvalue weighted by Gasteiger charge is 2.17. The van der Waals surface area contributed by atoms with Gasteiger partial charge in [0.1, 0.15) is 10.8 Å². The van der Waals surface area contributed by atoms with Crippen LogP contribution in [-0.4, -0.2) is 4.98 Å². The largest absolute Gasteiger partial charge is 0.378 e. The molecule has 1 heterocycles. The van der Waals surface area contributed by atoms with Gasteiger partial charge in [0.2, 0.25) is 0 Å². The monoisotopic (exact) mass is 264 g/mol. The van der Waals surface area contributed by atoms with Crippen molar-refractivity contribution >= 4 is 17.0 Å². The van der Waals surface area contributed by atoms with Crippen LogP contribution >= 0.6 is 11.3 Å². The molecule has 0 radical (unpaired) electrons. The molecule has 2 rings (SSSR count). The molecule has 96 valence electrons. The maximum atomic E-state index is 13.0. The van der Waals surface area contributed by atoms with E-state index in [1.165, 1.54) is 12.1 Å². The summed E-state index contributed by atoms with van der Waals surface area (Å²) in [5.74, 6) is -0.227. The van der Waals surface area contributed by atoms with Crippen LogP contribution in [-0.2, 0) is 12.0 Å². The van der Waals surface area contributed by atoms with Gasteiger partial charge < -0.3 is 5.32 Å². The van der Waals surface area contributed by atoms with Crippen LogP contribution in [0, 0.1) is 5.82 Å². The highest BCUT2D eigenvalue weighted by Crippen LogP contribution is 2.24. The smallest absolute Gasteiger partial charge is 0.125 e. The molecule has 0 atom stereocenters. The lowest BCUT2D eigenvalue weighted by Gasteiger charge is -2.14. The summed E-state index contributed by atoms with van der Waals surface area (Å²) in [5.41, 5.74) is 1.96. The molecule has 2 nitrogen and oxygen atoms in total. The van der Waals surface area contributed by atoms with E-state index >= 15 is 0 Å². The van der Waals surface area contributed by atoms with Crippen molar-refractivity contribution in [3.63, 3.8) is 0 Å². The predicted molar refractivity (Wildman–Crippen MR) is 74.5 cm³/mol. The molecule has 0 spiro atoms. The Bertz CT molecular complexity index is 529. The zero-order valence-electron chi connectivity index (χ0n) is 10.8. The van der Waals surface area contributed by atoms with Gasteiger partial charge in [0.25, 0.3) is 0 Å². The van der Waals surface area contributed by atoms with Crippen molar-refractivity contribution in [2.75, 3.05) is 5.32 Å². The number of halogens is 1. The first kappa shape index (κ1) is 13.0. The maximum absolute atomic E-state index is 13.0. The number of nitrogens with zero attached hydrogens (tertiary/aromatic N) is 1. The van der Waals surface area contributed by atoms with Crippen LogP contribution in [0.4, 0.5) is 10.1 Å². The molecule has 0 aliphatic heterocycles. The van der Waals surface area contributed by atoms with Crippen molar-refractivity contribution in [3.05, 3.63) is 46.2 Å². The fourth-order valence-electron chi connectivity index (χ4n) is 1.51. The molecule has 0 aliphatic rings. The predicted octanol–water partition coefficient (Wildman–Crippen LogP) is 4.19. The fraction of sp³-hybridized carbons (Fsp3) is 0.357. The number of aromatic nitrogens is 1. The summed E-state index contributed by atoms with van der Waals surface area (Å²) in [7, 11) is 0. The molecule has 0 saturated heterocycles. The lowest BCUT2D eigenvalue weighted by Crippen LogP contribution is -2.11. The van der Waals surface area contributed by atoms with Crippen molar-refractivity contribution in [1.82, 2.24) is 4.98 Å². The van der Waals surface area contributed by atoms with Gasteiger partial charge in [-0.25, -0.2) is 9.37 Å². The Hall–Kier alpha value is -1.42. The zero-order chi connectivity index (χ0) is 13.2. The minimum absolute atomic E-state index is 0.0770. The van der Waals surface area contributed by atoms with E-state index in [1.807, 2.05) is 6.07 Å². The molecule has 4 heteroatoms. The molecule has 18 heavy (non-hydrogen) atoms. The molecule has 1 N–H and O–H groups in total. The fourth-order valence-corrected chi connectivity index (χ4v) is 2.47. The van der Waals surface area contributed by atoms with Crippen molar-refractivity contribution < 1.29 is 4.39 Å². The van der Waals surface area contributed by atoms with E-state index in [0.29, 0.717) is 6.54 Å². The van der Waals surface area contributed by atoms with Crippen molar-refractivity contribution in [2.24, 2.45) is 0 Å². The first-order chi connectivity index (χ1) is 8.45. The lowest BCUT2D eigenvalue weighted by atomic mass is 9.93. The normalized spacial score (nSPS) is 11.6. The highest BCUT2D eigenvalue weighted by atomic mass is 32.1. The third-order valence-corrected chi connectivity index (χ3v) is 3.44. The van der Waals surface area contributed by atoms with Crippen LogP contribution < -0.4 is 5.32 Å². The van der Waals surface area contributed by atoms with Crippen LogP contribution in [0.15, 0.2) is 29.6 Å². The van der Waals surface area contributed by atoms with Crippen LogP contribution in [0.25, 0.3) is 0 Å². The number of hydrogen-bond acceptors (Lipinski definition) is 3. The van der Waals surface area contributed by atoms with Crippen LogP contribution in [0.5, 0.6) is 0 Å². The number of anilines is 1. The van der Waals surface area contributed by atoms with Gasteiger partial charge in [-0.15, -0.1) is 11.3 Å². The van der Waals surface area contributed by atoms with Gasteiger partial charge in [-0.3, -0.25) is 0 Å². The minimum atomic E-state index is -0.227. The first-order valence-corrected chi connectivity index (χ1v) is 6.77. The second-order valence-corrected chi connectivity index (χ2v) is 6.18. The Morgan fingerprint density at radius 3 is 2.72 bits per heavy atom. The first-order valence-electron chi connectivity index (χ1n) is 5.89. The van der Waals surface area contributed by atoms with E-state index in [1.54, 1.807) is 17.4 Å². The molecule has 1 aromatic carbocycles. The average Bonchev–Trinajstić information content (AvgIpc) is 2.74. The van der Waals surface area contributed by atoms with E-state index in [2.05, 4.69) is 36.5 Å². The number of benzene rings is 1. The van der Waals surface area contributed by atoms with Gasteiger partial charge in [0.15, 0.2) is 0 Å². The number of nitrogens with one attached hydrogen (secondary N) is 1. The SMILES string of the molecule is CC(C)(C)c1csc(CNc2cccc(F)c2)n1. The molecule has 2 aromatic rings. The molecule has 0 aliphatic carbocycles. The molecule has 0 fully saturated rings. The van der Waals surface area contributed by atoms with Gasteiger partial charge in [-0.1, -0.05) is 26.8 Å². The summed E-state index contributed by atoms with van der Waals surface area (Å²) in [4.78, 5) is 4.58. The van der Waals surface area contributed by atoms with Gasteiger partial charge >= 0.3 is 0 Å². The molecule has 1 aromatic heterocycles. The summed E-state index contributed by atoms with van der Waals surface area (Å²) in [6, 6.07) is 6.46. The standard InChI is InChI=1S/C14H17FN2S/c1-14(2,3)12-9-18-13(17-12)8-16-11-6-4-5-10(15)7-11/h4-7,9,16H,8H2,1-3H3. The third-order valence-electron chi connectivity index (χ3n) is 2.59. The van der Waals surface area contributed by atoms with Crippen molar-refractivity contribution in [2.45, 2.75) is 32.7 Å². The number of hydrogen-bond donors (Lipinski definition) is 1. The van der Waals surface area contributed by atoms with Gasteiger partial charge in [-0.2, -0.15) is 0 Å². The quantitative estimate of drug-likeness (QED) is 0.899. The van der Waals surface area contributed by atoms with E-state index in [0.717, 1.165) is 16.4 Å². The summed E-state index contributed by atoms with van der Waals surface area (Å²) in [5, 5.41) is 6.28. The summed E-state index contributed by atoms with van der Waals surface area (Å²) < 4.78 is 13.0. The van der Waals surface area contributed by atoms with Gasteiger partial charge in [0, 0.05) is 16.5 Å². The highest BCUT2D eigenvalue weighted by molar-refractivity contribution is 7.09. The molecule has 0 bridgehead atoms.